The highest BCUT2D eigenvalue weighted by Crippen LogP contribution is 2.27. The van der Waals surface area contributed by atoms with Crippen LogP contribution in [0.2, 0.25) is 0 Å². The number of rotatable bonds is 4. The lowest BCUT2D eigenvalue weighted by atomic mass is 9.91. The van der Waals surface area contributed by atoms with Crippen molar-refractivity contribution in [3.63, 3.8) is 0 Å². The van der Waals surface area contributed by atoms with Crippen molar-refractivity contribution in [3.05, 3.63) is 0 Å². The Morgan fingerprint density at radius 2 is 1.94 bits per heavy atom. The molecule has 1 aliphatic rings. The Morgan fingerprint density at radius 3 is 2.44 bits per heavy atom. The third-order valence-corrected chi connectivity index (χ3v) is 3.99. The standard InChI is InChI=1S/C14H26N2O2/c1-6-9-13(3,4)16-10-8-11(17)15-14(5,7-2)12(16)18/h6-10H2,1-5H3,(H,15,17). The number of nitrogens with zero attached hydrogens (tertiary/aromatic N) is 1. The maximum atomic E-state index is 12.7. The molecule has 4 heteroatoms. The van der Waals surface area contributed by atoms with Gasteiger partial charge in [0.15, 0.2) is 0 Å². The molecule has 1 fully saturated rings. The zero-order chi connectivity index (χ0) is 14.0. The van der Waals surface area contributed by atoms with Gasteiger partial charge >= 0.3 is 0 Å². The van der Waals surface area contributed by atoms with Gasteiger partial charge in [0.25, 0.3) is 0 Å². The lowest BCUT2D eigenvalue weighted by molar-refractivity contribution is -0.143. The van der Waals surface area contributed by atoms with Crippen molar-refractivity contribution in [3.8, 4) is 0 Å². The van der Waals surface area contributed by atoms with Gasteiger partial charge in [-0.1, -0.05) is 20.3 Å². The largest absolute Gasteiger partial charge is 0.342 e. The highest BCUT2D eigenvalue weighted by Gasteiger charge is 2.43. The van der Waals surface area contributed by atoms with Crippen LogP contribution < -0.4 is 5.32 Å². The summed E-state index contributed by atoms with van der Waals surface area (Å²) in [4.78, 5) is 26.3. The summed E-state index contributed by atoms with van der Waals surface area (Å²) in [6, 6.07) is 0. The number of nitrogens with one attached hydrogen (secondary N) is 1. The summed E-state index contributed by atoms with van der Waals surface area (Å²) in [7, 11) is 0. The molecule has 0 radical (unpaired) electrons. The molecule has 1 atom stereocenters. The molecule has 1 unspecified atom stereocenters. The Kier molecular flexibility index (Phi) is 4.41. The number of hydrogen-bond donors (Lipinski definition) is 1. The summed E-state index contributed by atoms with van der Waals surface area (Å²) in [5.41, 5.74) is -0.937. The van der Waals surface area contributed by atoms with Crippen LogP contribution in [0.15, 0.2) is 0 Å². The van der Waals surface area contributed by atoms with E-state index in [-0.39, 0.29) is 17.4 Å². The molecule has 1 saturated heterocycles. The quantitative estimate of drug-likeness (QED) is 0.835. The zero-order valence-corrected chi connectivity index (χ0v) is 12.3. The second-order valence-corrected chi connectivity index (χ2v) is 6.00. The molecular formula is C14H26N2O2. The molecule has 18 heavy (non-hydrogen) atoms. The Morgan fingerprint density at radius 1 is 1.33 bits per heavy atom. The van der Waals surface area contributed by atoms with Crippen molar-refractivity contribution >= 4 is 11.8 Å². The van der Waals surface area contributed by atoms with Crippen molar-refractivity contribution in [2.45, 2.75) is 71.4 Å². The van der Waals surface area contributed by atoms with E-state index < -0.39 is 5.54 Å². The minimum absolute atomic E-state index is 0.0255. The van der Waals surface area contributed by atoms with Gasteiger partial charge in [-0.15, -0.1) is 0 Å². The fourth-order valence-electron chi connectivity index (χ4n) is 2.60. The summed E-state index contributed by atoms with van der Waals surface area (Å²) < 4.78 is 0. The van der Waals surface area contributed by atoms with Crippen molar-refractivity contribution in [2.24, 2.45) is 0 Å². The fraction of sp³-hybridized carbons (Fsp3) is 0.857. The Hall–Kier alpha value is -1.06. The molecule has 0 aromatic carbocycles. The Labute approximate surface area is 110 Å². The molecule has 1 rings (SSSR count). The smallest absolute Gasteiger partial charge is 0.248 e. The number of amides is 2. The van der Waals surface area contributed by atoms with E-state index in [9.17, 15) is 9.59 Å². The predicted octanol–water partition coefficient (Wildman–Crippen LogP) is 2.08. The summed E-state index contributed by atoms with van der Waals surface area (Å²) in [6.07, 6.45) is 3.00. The second-order valence-electron chi connectivity index (χ2n) is 6.00. The zero-order valence-electron chi connectivity index (χ0n) is 12.3. The second kappa shape index (κ2) is 5.29. The van der Waals surface area contributed by atoms with Crippen LogP contribution >= 0.6 is 0 Å². The molecular weight excluding hydrogens is 228 g/mol. The van der Waals surface area contributed by atoms with Gasteiger partial charge in [0, 0.05) is 18.5 Å². The molecule has 2 amide bonds. The molecule has 0 aromatic rings. The maximum absolute atomic E-state index is 12.7. The van der Waals surface area contributed by atoms with E-state index in [1.165, 1.54) is 0 Å². The first-order valence-electron chi connectivity index (χ1n) is 6.90. The molecule has 4 nitrogen and oxygen atoms in total. The van der Waals surface area contributed by atoms with E-state index in [4.69, 9.17) is 0 Å². The van der Waals surface area contributed by atoms with Gasteiger partial charge in [0.2, 0.25) is 11.8 Å². The van der Waals surface area contributed by atoms with Gasteiger partial charge in [-0.25, -0.2) is 0 Å². The summed E-state index contributed by atoms with van der Waals surface area (Å²) >= 11 is 0. The van der Waals surface area contributed by atoms with Gasteiger partial charge in [-0.2, -0.15) is 0 Å². The van der Waals surface area contributed by atoms with Gasteiger partial charge in [-0.3, -0.25) is 9.59 Å². The monoisotopic (exact) mass is 254 g/mol. The van der Waals surface area contributed by atoms with Gasteiger partial charge in [0.05, 0.1) is 0 Å². The average molecular weight is 254 g/mol. The maximum Gasteiger partial charge on any atom is 0.248 e. The third-order valence-electron chi connectivity index (χ3n) is 3.99. The molecule has 0 saturated carbocycles. The lowest BCUT2D eigenvalue weighted by Gasteiger charge is -2.41. The van der Waals surface area contributed by atoms with Gasteiger partial charge in [-0.05, 0) is 33.6 Å². The molecule has 0 aromatic heterocycles. The van der Waals surface area contributed by atoms with Crippen LogP contribution in [0.3, 0.4) is 0 Å². The van der Waals surface area contributed by atoms with Crippen LogP contribution in [0, 0.1) is 0 Å². The molecule has 1 heterocycles. The van der Waals surface area contributed by atoms with Crippen LogP contribution in [0.5, 0.6) is 0 Å². The minimum Gasteiger partial charge on any atom is -0.342 e. The van der Waals surface area contributed by atoms with Gasteiger partial charge < -0.3 is 10.2 Å². The Bertz CT molecular complexity index is 339. The van der Waals surface area contributed by atoms with E-state index in [2.05, 4.69) is 26.1 Å². The summed E-state index contributed by atoms with van der Waals surface area (Å²) in [5, 5.41) is 2.87. The molecule has 0 spiro atoms. The highest BCUT2D eigenvalue weighted by atomic mass is 16.2. The lowest BCUT2D eigenvalue weighted by Crippen LogP contribution is -2.59. The SMILES string of the molecule is CCCC(C)(C)N1CCC(=O)NC(C)(CC)C1=O. The summed E-state index contributed by atoms with van der Waals surface area (Å²) in [6.45, 7) is 10.6. The van der Waals surface area contributed by atoms with Crippen molar-refractivity contribution < 1.29 is 9.59 Å². The number of hydrogen-bond acceptors (Lipinski definition) is 2. The van der Waals surface area contributed by atoms with Crippen molar-refractivity contribution in [2.75, 3.05) is 6.54 Å². The van der Waals surface area contributed by atoms with E-state index in [1.54, 1.807) is 0 Å². The van der Waals surface area contributed by atoms with Crippen LogP contribution in [-0.4, -0.2) is 34.3 Å². The van der Waals surface area contributed by atoms with Crippen LogP contribution in [0.1, 0.15) is 60.3 Å². The Balaban J connectivity index is 3.05. The number of carbonyl (C=O) groups is 2. The van der Waals surface area contributed by atoms with E-state index in [1.807, 2.05) is 18.7 Å². The summed E-state index contributed by atoms with van der Waals surface area (Å²) in [5.74, 6) is 0.0248. The first-order valence-corrected chi connectivity index (χ1v) is 6.90. The first kappa shape index (κ1) is 15.0. The van der Waals surface area contributed by atoms with Crippen LogP contribution in [0.4, 0.5) is 0 Å². The van der Waals surface area contributed by atoms with Gasteiger partial charge in [0.1, 0.15) is 5.54 Å². The van der Waals surface area contributed by atoms with Crippen molar-refractivity contribution in [1.29, 1.82) is 0 Å². The van der Waals surface area contributed by atoms with Crippen LogP contribution in [-0.2, 0) is 9.59 Å². The minimum atomic E-state index is -0.751. The van der Waals surface area contributed by atoms with E-state index >= 15 is 0 Å². The average Bonchev–Trinajstić information content (AvgIpc) is 2.38. The highest BCUT2D eigenvalue weighted by molar-refractivity contribution is 5.93. The molecule has 1 aliphatic heterocycles. The molecule has 104 valence electrons. The molecule has 0 bridgehead atoms. The topological polar surface area (TPSA) is 49.4 Å². The predicted molar refractivity (Wildman–Crippen MR) is 72.2 cm³/mol. The van der Waals surface area contributed by atoms with Crippen LogP contribution in [0.25, 0.3) is 0 Å². The molecule has 0 aliphatic carbocycles. The van der Waals surface area contributed by atoms with Crippen molar-refractivity contribution in [1.82, 2.24) is 10.2 Å². The normalized spacial score (nSPS) is 25.9. The first-order chi connectivity index (χ1) is 8.27. The number of carbonyl (C=O) groups excluding carboxylic acids is 2. The van der Waals surface area contributed by atoms with E-state index in [0.717, 1.165) is 12.8 Å². The fourth-order valence-corrected chi connectivity index (χ4v) is 2.60. The third kappa shape index (κ3) is 2.85. The van der Waals surface area contributed by atoms with E-state index in [0.29, 0.717) is 19.4 Å². The molecule has 1 N–H and O–H groups in total.